The molecule has 2 aliphatic rings. The minimum absolute atomic E-state index is 0.176. The molecule has 20 heteroatoms. The average molecular weight is 1080 g/mol. The standard InChI is InChI=1S/C25H25BrN4O4S2.C20H17BrN4O2S2/c1-25(2,3)34-24(31)29-11-7-10-21(29)23-28-20(15-35-23)19-14-30(22-18(19)12-16(26)13-27-22)36(32,33)17-8-5-4-6-9-17;21-13-9-15-16(18-12-28-20(24-18)17-7-4-8-22-17)11-25(19(15)23-10-13)29(26,27)14-5-2-1-3-6-14/h4-6,8-9,12-15,21H,7,10-11H2,1-3H3;1-3,5-6,9-12,17,22H,4,7-8H2. The van der Waals surface area contributed by atoms with Gasteiger partial charge < -0.3 is 10.1 Å². The van der Waals surface area contributed by atoms with Crippen molar-refractivity contribution in [3.8, 4) is 22.5 Å². The number of hydrogen-bond acceptors (Lipinski definition) is 13. The van der Waals surface area contributed by atoms with Gasteiger partial charge in [-0.1, -0.05) is 36.4 Å². The predicted octanol–water partition coefficient (Wildman–Crippen LogP) is 10.8. The van der Waals surface area contributed by atoms with Crippen molar-refractivity contribution < 1.29 is 26.4 Å². The summed E-state index contributed by atoms with van der Waals surface area (Å²) in [5, 5.41) is 10.6. The second-order valence-corrected chi connectivity index (χ2v) is 23.7. The molecule has 0 aliphatic carbocycles. The summed E-state index contributed by atoms with van der Waals surface area (Å²) in [5.41, 5.74) is 2.95. The Morgan fingerprint density at radius 2 is 1.25 bits per heavy atom. The molecular weight excluding hydrogens is 1040 g/mol. The summed E-state index contributed by atoms with van der Waals surface area (Å²) >= 11 is 9.97. The van der Waals surface area contributed by atoms with E-state index in [0.717, 1.165) is 67.8 Å². The molecule has 0 spiro atoms. The van der Waals surface area contributed by atoms with Crippen molar-refractivity contribution >= 4 is 103 Å². The Balaban J connectivity index is 0.000000168. The molecule has 2 unspecified atom stereocenters. The topological polar surface area (TPSA) is 171 Å². The fourth-order valence-electron chi connectivity index (χ4n) is 7.89. The van der Waals surface area contributed by atoms with Gasteiger partial charge in [0.1, 0.15) is 15.6 Å². The number of halogens is 2. The maximum Gasteiger partial charge on any atom is 0.410 e. The molecular formula is C45H42Br2N8O6S4. The van der Waals surface area contributed by atoms with Crippen LogP contribution in [0.5, 0.6) is 0 Å². The lowest BCUT2D eigenvalue weighted by molar-refractivity contribution is 0.0224. The summed E-state index contributed by atoms with van der Waals surface area (Å²) in [7, 11) is -7.64. The largest absolute Gasteiger partial charge is 0.444 e. The van der Waals surface area contributed by atoms with Crippen molar-refractivity contribution in [1.82, 2.24) is 38.1 Å². The summed E-state index contributed by atoms with van der Waals surface area (Å²) in [4.78, 5) is 33.4. The summed E-state index contributed by atoms with van der Waals surface area (Å²) in [5.74, 6) is 0. The van der Waals surface area contributed by atoms with Crippen LogP contribution < -0.4 is 5.32 Å². The van der Waals surface area contributed by atoms with Crippen LogP contribution in [0.25, 0.3) is 44.6 Å². The third-order valence-electron chi connectivity index (χ3n) is 10.9. The van der Waals surface area contributed by atoms with Gasteiger partial charge in [-0.3, -0.25) is 4.90 Å². The van der Waals surface area contributed by atoms with Crippen molar-refractivity contribution in [3.05, 3.63) is 127 Å². The second kappa shape index (κ2) is 18.1. The highest BCUT2D eigenvalue weighted by Crippen LogP contribution is 2.40. The number of amides is 1. The number of likely N-dealkylation sites (tertiary alicyclic amines) is 1. The minimum atomic E-state index is -3.87. The Morgan fingerprint density at radius 3 is 1.74 bits per heavy atom. The zero-order chi connectivity index (χ0) is 45.7. The highest BCUT2D eigenvalue weighted by molar-refractivity contribution is 9.10. The van der Waals surface area contributed by atoms with E-state index in [1.165, 1.54) is 19.3 Å². The number of rotatable bonds is 8. The van der Waals surface area contributed by atoms with E-state index in [2.05, 4.69) is 47.1 Å². The van der Waals surface area contributed by atoms with Gasteiger partial charge >= 0.3 is 6.09 Å². The van der Waals surface area contributed by atoms with E-state index in [0.29, 0.717) is 34.5 Å². The number of thiazole rings is 2. The molecule has 1 amide bonds. The maximum absolute atomic E-state index is 13.5. The number of aromatic nitrogens is 6. The third-order valence-corrected chi connectivity index (χ3v) is 17.0. The molecule has 0 radical (unpaired) electrons. The van der Waals surface area contributed by atoms with Crippen LogP contribution in [-0.4, -0.2) is 74.4 Å². The fraction of sp³-hybridized carbons (Fsp3) is 0.267. The van der Waals surface area contributed by atoms with Gasteiger partial charge in [-0.2, -0.15) is 0 Å². The molecule has 2 atom stereocenters. The zero-order valence-corrected chi connectivity index (χ0v) is 41.7. The van der Waals surface area contributed by atoms with E-state index >= 15 is 0 Å². The lowest BCUT2D eigenvalue weighted by atomic mass is 10.2. The number of hydrogen-bond donors (Lipinski definition) is 1. The average Bonchev–Trinajstić information content (AvgIpc) is 4.14. The first-order valence-corrected chi connectivity index (χ1v) is 26.9. The number of benzene rings is 2. The molecule has 65 heavy (non-hydrogen) atoms. The first-order valence-electron chi connectivity index (χ1n) is 20.7. The maximum atomic E-state index is 13.5. The normalized spacial score (nSPS) is 16.8. The SMILES string of the molecule is CC(C)(C)OC(=O)N1CCCC1c1nc(-c2cn(S(=O)(=O)c3ccccc3)c3ncc(Br)cc23)cs1.O=S(=O)(c1ccccc1)n1cc(-c2csc(C3CCCN3)n2)c2cc(Br)cnc21. The van der Waals surface area contributed by atoms with Crippen LogP contribution in [0, 0.1) is 0 Å². The molecule has 8 heterocycles. The Morgan fingerprint density at radius 1 is 0.738 bits per heavy atom. The minimum Gasteiger partial charge on any atom is -0.444 e. The molecule has 336 valence electrons. The van der Waals surface area contributed by atoms with Crippen molar-refractivity contribution in [2.24, 2.45) is 0 Å². The van der Waals surface area contributed by atoms with Crippen molar-refractivity contribution in [2.45, 2.75) is 73.9 Å². The highest BCUT2D eigenvalue weighted by Gasteiger charge is 2.35. The zero-order valence-electron chi connectivity index (χ0n) is 35.3. The quantitative estimate of drug-likeness (QED) is 0.154. The lowest BCUT2D eigenvalue weighted by Gasteiger charge is -2.27. The van der Waals surface area contributed by atoms with E-state index in [1.807, 2.05) is 43.7 Å². The number of carbonyl (C=O) groups excluding carboxylic acids is 1. The van der Waals surface area contributed by atoms with Crippen molar-refractivity contribution in [1.29, 1.82) is 0 Å². The van der Waals surface area contributed by atoms with Crippen LogP contribution in [0.3, 0.4) is 0 Å². The molecule has 2 fully saturated rings. The smallest absolute Gasteiger partial charge is 0.410 e. The van der Waals surface area contributed by atoms with Gasteiger partial charge in [0.05, 0.1) is 33.3 Å². The van der Waals surface area contributed by atoms with Crippen LogP contribution >= 0.6 is 54.5 Å². The van der Waals surface area contributed by atoms with E-state index < -0.39 is 25.6 Å². The van der Waals surface area contributed by atoms with Crippen LogP contribution in [0.15, 0.2) is 127 Å². The molecule has 2 aliphatic heterocycles. The molecule has 6 aromatic heterocycles. The molecule has 8 aromatic rings. The first kappa shape index (κ1) is 45.3. The Hall–Kier alpha value is -4.83. The molecule has 10 rings (SSSR count). The number of pyridine rings is 2. The van der Waals surface area contributed by atoms with E-state index in [4.69, 9.17) is 14.7 Å². The highest BCUT2D eigenvalue weighted by atomic mass is 79.9. The van der Waals surface area contributed by atoms with E-state index in [1.54, 1.807) is 102 Å². The van der Waals surface area contributed by atoms with Crippen molar-refractivity contribution in [2.75, 3.05) is 13.1 Å². The van der Waals surface area contributed by atoms with Gasteiger partial charge in [-0.25, -0.2) is 49.5 Å². The molecule has 2 saturated heterocycles. The Kier molecular flexibility index (Phi) is 12.6. The van der Waals surface area contributed by atoms with Crippen LogP contribution in [-0.2, 0) is 24.8 Å². The molecule has 2 aromatic carbocycles. The molecule has 0 bridgehead atoms. The second-order valence-electron chi connectivity index (χ2n) is 16.5. The Labute approximate surface area is 401 Å². The van der Waals surface area contributed by atoms with Crippen LogP contribution in [0.4, 0.5) is 4.79 Å². The number of ether oxygens (including phenoxy) is 1. The van der Waals surface area contributed by atoms with Gasteiger partial charge in [-0.15, -0.1) is 22.7 Å². The van der Waals surface area contributed by atoms with Crippen LogP contribution in [0.2, 0.25) is 0 Å². The Bertz CT molecular complexity index is 3270. The summed E-state index contributed by atoms with van der Waals surface area (Å²) in [6.07, 6.45) is 9.92. The molecule has 0 saturated carbocycles. The molecule has 14 nitrogen and oxygen atoms in total. The monoisotopic (exact) mass is 1080 g/mol. The molecule has 1 N–H and O–H groups in total. The number of carbonyl (C=O) groups is 1. The number of fused-ring (bicyclic) bond motifs is 2. The summed E-state index contributed by atoms with van der Waals surface area (Å²) in [6.45, 7) is 7.17. The van der Waals surface area contributed by atoms with E-state index in [-0.39, 0.29) is 28.0 Å². The summed E-state index contributed by atoms with van der Waals surface area (Å²) in [6, 6.07) is 20.5. The first-order chi connectivity index (χ1) is 31.1. The number of nitrogens with one attached hydrogen (secondary N) is 1. The van der Waals surface area contributed by atoms with Gasteiger partial charge in [0.25, 0.3) is 20.0 Å². The third kappa shape index (κ3) is 9.18. The predicted molar refractivity (Wildman–Crippen MR) is 260 cm³/mol. The number of nitrogens with zero attached hydrogens (tertiary/aromatic N) is 7. The fourth-order valence-corrected chi connectivity index (χ4v) is 13.1. The van der Waals surface area contributed by atoms with Gasteiger partial charge in [0, 0.05) is 72.9 Å². The van der Waals surface area contributed by atoms with Crippen LogP contribution in [0.1, 0.15) is 68.6 Å². The van der Waals surface area contributed by atoms with Crippen molar-refractivity contribution in [3.63, 3.8) is 0 Å². The lowest BCUT2D eigenvalue weighted by Crippen LogP contribution is -2.36. The van der Waals surface area contributed by atoms with E-state index in [9.17, 15) is 21.6 Å². The van der Waals surface area contributed by atoms with Gasteiger partial charge in [-0.05, 0) is 121 Å². The van der Waals surface area contributed by atoms with Gasteiger partial charge in [0.15, 0.2) is 11.3 Å². The summed E-state index contributed by atoms with van der Waals surface area (Å²) < 4.78 is 63.0. The van der Waals surface area contributed by atoms with Gasteiger partial charge in [0.2, 0.25) is 0 Å².